The summed E-state index contributed by atoms with van der Waals surface area (Å²) in [7, 11) is -0.984. The van der Waals surface area contributed by atoms with E-state index >= 15 is 0 Å². The molecule has 2 aliphatic heterocycles. The van der Waals surface area contributed by atoms with Gasteiger partial charge in [-0.05, 0) is 31.7 Å². The lowest BCUT2D eigenvalue weighted by Gasteiger charge is -2.35. The number of non-ortho nitro benzene ring substituents is 1. The molecule has 2 heterocycles. The molecule has 0 aromatic heterocycles. The van der Waals surface area contributed by atoms with Gasteiger partial charge in [-0.3, -0.25) is 10.1 Å². The Kier molecular flexibility index (Phi) is 5.93. The minimum atomic E-state index is -3.88. The van der Waals surface area contributed by atoms with Gasteiger partial charge >= 0.3 is 0 Å². The summed E-state index contributed by atoms with van der Waals surface area (Å²) in [5.74, 6) is 0.115. The maximum atomic E-state index is 13.0. The van der Waals surface area contributed by atoms with Gasteiger partial charge in [0.15, 0.2) is 0 Å². The van der Waals surface area contributed by atoms with Crippen molar-refractivity contribution in [3.63, 3.8) is 0 Å². The topological polar surface area (TPSA) is 102 Å². The quantitative estimate of drug-likeness (QED) is 0.607. The molecule has 2 saturated heterocycles. The van der Waals surface area contributed by atoms with E-state index in [-0.39, 0.29) is 34.8 Å². The maximum Gasteiger partial charge on any atom is 0.271 e. The van der Waals surface area contributed by atoms with Gasteiger partial charge in [0, 0.05) is 37.3 Å². The first-order valence-electron chi connectivity index (χ1n) is 7.89. The summed E-state index contributed by atoms with van der Waals surface area (Å²) in [5, 5.41) is 14.5. The van der Waals surface area contributed by atoms with Crippen LogP contribution in [0, 0.1) is 10.1 Å². The summed E-state index contributed by atoms with van der Waals surface area (Å²) >= 11 is 0. The molecule has 1 aromatic carbocycles. The number of hydrogen-bond acceptors (Lipinski definition) is 6. The second kappa shape index (κ2) is 7.45. The minimum Gasteiger partial charge on any atom is -0.495 e. The van der Waals surface area contributed by atoms with Crippen LogP contribution in [-0.4, -0.2) is 49.9 Å². The second-order valence-electron chi connectivity index (χ2n) is 6.38. The Morgan fingerprint density at radius 2 is 1.88 bits per heavy atom. The van der Waals surface area contributed by atoms with Crippen molar-refractivity contribution in [1.82, 2.24) is 9.62 Å². The number of hydrogen-bond donors (Lipinski definition) is 1. The van der Waals surface area contributed by atoms with Crippen molar-refractivity contribution >= 4 is 28.1 Å². The van der Waals surface area contributed by atoms with E-state index in [0.29, 0.717) is 12.1 Å². The first kappa shape index (κ1) is 19.9. The Hall–Kier alpha value is -1.42. The Morgan fingerprint density at radius 3 is 2.40 bits per heavy atom. The molecule has 1 aromatic rings. The van der Waals surface area contributed by atoms with Crippen LogP contribution in [0.5, 0.6) is 5.75 Å². The number of nitrogens with one attached hydrogen (secondary N) is 1. The molecule has 140 valence electrons. The zero-order chi connectivity index (χ0) is 17.5. The largest absolute Gasteiger partial charge is 0.495 e. The number of benzene rings is 1. The molecule has 2 fully saturated rings. The molecule has 0 saturated carbocycles. The third-order valence-electron chi connectivity index (χ3n) is 4.98. The third-order valence-corrected chi connectivity index (χ3v) is 6.91. The number of nitro groups is 1. The molecule has 2 bridgehead atoms. The van der Waals surface area contributed by atoms with Crippen molar-refractivity contribution in [2.75, 3.05) is 14.2 Å². The van der Waals surface area contributed by atoms with E-state index in [4.69, 9.17) is 4.74 Å². The van der Waals surface area contributed by atoms with E-state index in [1.54, 1.807) is 7.05 Å². The summed E-state index contributed by atoms with van der Waals surface area (Å²) in [6.45, 7) is 0. The normalized spacial score (nSPS) is 25.5. The predicted molar refractivity (Wildman–Crippen MR) is 94.8 cm³/mol. The maximum absolute atomic E-state index is 13.0. The third kappa shape index (κ3) is 3.74. The summed E-state index contributed by atoms with van der Waals surface area (Å²) in [6.07, 6.45) is 3.64. The van der Waals surface area contributed by atoms with Gasteiger partial charge in [-0.1, -0.05) is 0 Å². The van der Waals surface area contributed by atoms with Crippen molar-refractivity contribution in [2.24, 2.45) is 0 Å². The number of sulfonamides is 1. The van der Waals surface area contributed by atoms with Crippen LogP contribution in [0.4, 0.5) is 5.69 Å². The Bertz CT molecular complexity index is 746. The SMILES string of the molecule is COc1ccc([N+](=O)[O-])cc1S(=O)(=O)N(C)C1CC2CCC(C1)N2.Cl. The van der Waals surface area contributed by atoms with E-state index in [2.05, 4.69) is 5.32 Å². The van der Waals surface area contributed by atoms with Gasteiger partial charge in [0.25, 0.3) is 5.69 Å². The van der Waals surface area contributed by atoms with Gasteiger partial charge in [0.2, 0.25) is 10.0 Å². The van der Waals surface area contributed by atoms with Crippen molar-refractivity contribution in [2.45, 2.75) is 48.7 Å². The van der Waals surface area contributed by atoms with E-state index in [9.17, 15) is 18.5 Å². The molecule has 3 rings (SSSR count). The molecule has 0 amide bonds. The molecule has 2 aliphatic rings. The number of ether oxygens (including phenoxy) is 1. The zero-order valence-electron chi connectivity index (χ0n) is 14.0. The number of nitrogens with zero attached hydrogens (tertiary/aromatic N) is 2. The van der Waals surface area contributed by atoms with Crippen molar-refractivity contribution in [3.05, 3.63) is 28.3 Å². The molecule has 10 heteroatoms. The lowest BCUT2D eigenvalue weighted by Crippen LogP contribution is -2.48. The lowest BCUT2D eigenvalue weighted by molar-refractivity contribution is -0.385. The fraction of sp³-hybridized carbons (Fsp3) is 0.600. The number of halogens is 1. The molecule has 1 N–H and O–H groups in total. The lowest BCUT2D eigenvalue weighted by atomic mass is 10.0. The number of piperidine rings is 1. The Morgan fingerprint density at radius 1 is 1.28 bits per heavy atom. The summed E-state index contributed by atoms with van der Waals surface area (Å²) in [6, 6.07) is 4.21. The molecular formula is C15H22ClN3O5S. The molecule has 2 atom stereocenters. The number of rotatable bonds is 5. The van der Waals surface area contributed by atoms with Gasteiger partial charge in [-0.15, -0.1) is 12.4 Å². The first-order chi connectivity index (χ1) is 11.3. The highest BCUT2D eigenvalue weighted by Gasteiger charge is 2.39. The molecule has 25 heavy (non-hydrogen) atoms. The zero-order valence-corrected chi connectivity index (χ0v) is 15.7. The molecule has 8 nitrogen and oxygen atoms in total. The van der Waals surface area contributed by atoms with Crippen LogP contribution in [0.25, 0.3) is 0 Å². The number of fused-ring (bicyclic) bond motifs is 2. The number of nitro benzene ring substituents is 1. The van der Waals surface area contributed by atoms with Gasteiger partial charge in [0.1, 0.15) is 10.6 Å². The van der Waals surface area contributed by atoms with Gasteiger partial charge < -0.3 is 10.1 Å². The molecule has 0 radical (unpaired) electrons. The van der Waals surface area contributed by atoms with Crippen LogP contribution in [0.2, 0.25) is 0 Å². The van der Waals surface area contributed by atoms with E-state index in [1.165, 1.54) is 23.5 Å². The van der Waals surface area contributed by atoms with Gasteiger partial charge in [-0.2, -0.15) is 4.31 Å². The average molecular weight is 392 g/mol. The standard InChI is InChI=1S/C15H21N3O5S.ClH/c1-17(13-7-10-3-4-11(8-13)16-10)24(21,22)15-9-12(18(19)20)5-6-14(15)23-2;/h5-6,9-11,13,16H,3-4,7-8H2,1-2H3;1H. The van der Waals surface area contributed by atoms with Crippen LogP contribution in [0.15, 0.2) is 23.1 Å². The monoisotopic (exact) mass is 391 g/mol. The van der Waals surface area contributed by atoms with E-state index in [1.807, 2.05) is 0 Å². The van der Waals surface area contributed by atoms with Crippen LogP contribution < -0.4 is 10.1 Å². The van der Waals surface area contributed by atoms with Gasteiger partial charge in [0.05, 0.1) is 12.0 Å². The number of methoxy groups -OCH3 is 1. The Balaban J connectivity index is 0.00000225. The van der Waals surface area contributed by atoms with Crippen molar-refractivity contribution in [3.8, 4) is 5.75 Å². The molecule has 0 aliphatic carbocycles. The van der Waals surface area contributed by atoms with Crippen LogP contribution in [0.1, 0.15) is 25.7 Å². The highest BCUT2D eigenvalue weighted by molar-refractivity contribution is 7.89. The van der Waals surface area contributed by atoms with E-state index in [0.717, 1.165) is 31.7 Å². The molecular weight excluding hydrogens is 370 g/mol. The Labute approximate surface area is 153 Å². The fourth-order valence-corrected chi connectivity index (χ4v) is 5.21. The summed E-state index contributed by atoms with van der Waals surface area (Å²) < 4.78 is 32.5. The summed E-state index contributed by atoms with van der Waals surface area (Å²) in [4.78, 5) is 10.2. The molecule has 2 unspecified atom stereocenters. The van der Waals surface area contributed by atoms with Crippen molar-refractivity contribution < 1.29 is 18.1 Å². The smallest absolute Gasteiger partial charge is 0.271 e. The predicted octanol–water partition coefficient (Wildman–Crippen LogP) is 1.93. The highest BCUT2D eigenvalue weighted by atomic mass is 35.5. The van der Waals surface area contributed by atoms with Gasteiger partial charge in [-0.25, -0.2) is 8.42 Å². The average Bonchev–Trinajstić information content (AvgIpc) is 2.91. The minimum absolute atomic E-state index is 0. The highest BCUT2D eigenvalue weighted by Crippen LogP contribution is 2.35. The van der Waals surface area contributed by atoms with Crippen LogP contribution in [0.3, 0.4) is 0 Å². The van der Waals surface area contributed by atoms with Crippen LogP contribution >= 0.6 is 12.4 Å². The fourth-order valence-electron chi connectivity index (χ4n) is 3.66. The summed E-state index contributed by atoms with van der Waals surface area (Å²) in [5.41, 5.74) is -0.270. The first-order valence-corrected chi connectivity index (χ1v) is 9.33. The van der Waals surface area contributed by atoms with Crippen molar-refractivity contribution in [1.29, 1.82) is 0 Å². The molecule has 0 spiro atoms. The second-order valence-corrected chi connectivity index (χ2v) is 8.34. The van der Waals surface area contributed by atoms with E-state index < -0.39 is 14.9 Å². The van der Waals surface area contributed by atoms with Crippen LogP contribution in [-0.2, 0) is 10.0 Å².